The average Bonchev–Trinajstić information content (AvgIpc) is 3.09. The Kier molecular flexibility index (Phi) is 5.04. The van der Waals surface area contributed by atoms with Crippen molar-refractivity contribution in [2.45, 2.75) is 0 Å². The van der Waals surface area contributed by atoms with Crippen LogP contribution < -0.4 is 17.2 Å². The zero-order chi connectivity index (χ0) is 17.2. The van der Waals surface area contributed by atoms with Crippen LogP contribution in [0.4, 0.5) is 8.78 Å². The molecule has 4 rings (SSSR count). The minimum absolute atomic E-state index is 0. The number of benzene rings is 3. The van der Waals surface area contributed by atoms with Crippen molar-refractivity contribution in [1.82, 2.24) is 15.0 Å². The van der Waals surface area contributed by atoms with E-state index in [4.69, 9.17) is 0 Å². The van der Waals surface area contributed by atoms with E-state index in [1.165, 1.54) is 24.3 Å². The van der Waals surface area contributed by atoms with Crippen LogP contribution in [0.25, 0.3) is 22.8 Å². The molecule has 1 aromatic heterocycles. The topological polar surface area (TPSA) is 34.6 Å². The zero-order valence-corrected chi connectivity index (χ0v) is 14.2. The molecule has 4 nitrogen and oxygen atoms in total. The van der Waals surface area contributed by atoms with Gasteiger partial charge in [-0.1, -0.05) is 18.2 Å². The number of hydrogen-bond acceptors (Lipinski definition) is 2. The Labute approximate surface area is 154 Å². The third kappa shape index (κ3) is 3.45. The van der Waals surface area contributed by atoms with Gasteiger partial charge >= 0.3 is 5.82 Å². The normalized spacial score (nSPS) is 10.4. The van der Waals surface area contributed by atoms with Gasteiger partial charge in [-0.2, -0.15) is 0 Å². The van der Waals surface area contributed by atoms with Gasteiger partial charge in [0.25, 0.3) is 0 Å². The minimum Gasteiger partial charge on any atom is -1.00 e. The molecule has 0 saturated carbocycles. The van der Waals surface area contributed by atoms with Gasteiger partial charge in [-0.25, -0.2) is 8.78 Å². The largest absolute Gasteiger partial charge is 1.00 e. The van der Waals surface area contributed by atoms with Gasteiger partial charge in [-0.3, -0.25) is 0 Å². The highest BCUT2D eigenvalue weighted by molar-refractivity contribution is 5.53. The number of nitrogens with zero attached hydrogens (tertiary/aromatic N) is 4. The van der Waals surface area contributed by atoms with E-state index in [1.54, 1.807) is 33.9 Å². The molecule has 0 fully saturated rings. The Morgan fingerprint density at radius 1 is 0.731 bits per heavy atom. The molecule has 0 saturated heterocycles. The lowest BCUT2D eigenvalue weighted by atomic mass is 10.2. The standard InChI is InChI=1S/C19H13F2N4.ClH/c20-15-6-10-17(11-7-15)24-22-19(14-4-2-1-3-5-14)23-25(24)18-12-8-16(21)9-13-18;/h1-13H;1H/q+1;/p-1. The fraction of sp³-hybridized carbons (Fsp3) is 0. The fourth-order valence-corrected chi connectivity index (χ4v) is 2.47. The molecule has 26 heavy (non-hydrogen) atoms. The number of halogens is 3. The van der Waals surface area contributed by atoms with Crippen LogP contribution in [0.15, 0.2) is 78.9 Å². The summed E-state index contributed by atoms with van der Waals surface area (Å²) in [6.07, 6.45) is 0. The number of aromatic nitrogens is 4. The summed E-state index contributed by atoms with van der Waals surface area (Å²) in [4.78, 5) is 3.10. The Balaban J connectivity index is 0.00000196. The van der Waals surface area contributed by atoms with Crippen LogP contribution in [0.5, 0.6) is 0 Å². The molecule has 0 unspecified atom stereocenters. The van der Waals surface area contributed by atoms with Crippen molar-refractivity contribution < 1.29 is 26.0 Å². The van der Waals surface area contributed by atoms with E-state index < -0.39 is 0 Å². The van der Waals surface area contributed by atoms with Crippen molar-refractivity contribution in [3.05, 3.63) is 90.5 Å². The molecular weight excluding hydrogens is 358 g/mol. The number of tetrazole rings is 1. The second-order valence-corrected chi connectivity index (χ2v) is 5.42. The maximum atomic E-state index is 13.2. The first-order valence-corrected chi connectivity index (χ1v) is 7.68. The summed E-state index contributed by atoms with van der Waals surface area (Å²) in [5.74, 6) is -0.157. The number of rotatable bonds is 3. The monoisotopic (exact) mass is 370 g/mol. The third-order valence-electron chi connectivity index (χ3n) is 3.71. The van der Waals surface area contributed by atoms with Crippen molar-refractivity contribution in [3.8, 4) is 22.8 Å². The summed E-state index contributed by atoms with van der Waals surface area (Å²) in [5, 5.41) is 9.06. The van der Waals surface area contributed by atoms with Gasteiger partial charge in [-0.15, -0.1) is 0 Å². The van der Waals surface area contributed by atoms with Crippen molar-refractivity contribution in [1.29, 1.82) is 0 Å². The van der Waals surface area contributed by atoms with Gasteiger partial charge < -0.3 is 12.4 Å². The molecule has 0 radical (unpaired) electrons. The van der Waals surface area contributed by atoms with E-state index in [9.17, 15) is 8.78 Å². The molecule has 0 bridgehead atoms. The lowest BCUT2D eigenvalue weighted by Crippen LogP contribution is -3.00. The molecule has 0 atom stereocenters. The highest BCUT2D eigenvalue weighted by atomic mass is 35.5. The van der Waals surface area contributed by atoms with Crippen molar-refractivity contribution in [3.63, 3.8) is 0 Å². The van der Waals surface area contributed by atoms with Crippen LogP contribution in [-0.4, -0.2) is 15.0 Å². The first-order chi connectivity index (χ1) is 12.2. The highest BCUT2D eigenvalue weighted by Crippen LogP contribution is 2.15. The van der Waals surface area contributed by atoms with Crippen LogP contribution in [-0.2, 0) is 0 Å². The number of hydrogen-bond donors (Lipinski definition) is 0. The molecule has 0 aliphatic rings. The first-order valence-electron chi connectivity index (χ1n) is 7.68. The lowest BCUT2D eigenvalue weighted by Gasteiger charge is -1.99. The summed E-state index contributed by atoms with van der Waals surface area (Å²) in [7, 11) is 0. The molecule has 3 aromatic carbocycles. The van der Waals surface area contributed by atoms with E-state index in [0.29, 0.717) is 17.2 Å². The zero-order valence-electron chi connectivity index (χ0n) is 13.4. The predicted molar refractivity (Wildman–Crippen MR) is 88.2 cm³/mol. The van der Waals surface area contributed by atoms with Crippen molar-refractivity contribution >= 4 is 0 Å². The van der Waals surface area contributed by atoms with Crippen molar-refractivity contribution in [2.24, 2.45) is 0 Å². The van der Waals surface area contributed by atoms with Gasteiger partial charge in [0, 0.05) is 4.80 Å². The van der Waals surface area contributed by atoms with Gasteiger partial charge in [-0.05, 0) is 70.6 Å². The first kappa shape index (κ1) is 17.7. The average molecular weight is 371 g/mol. The van der Waals surface area contributed by atoms with E-state index in [0.717, 1.165) is 5.56 Å². The van der Waals surface area contributed by atoms with Crippen LogP contribution in [0.1, 0.15) is 0 Å². The molecule has 0 spiro atoms. The maximum absolute atomic E-state index is 13.2. The fourth-order valence-electron chi connectivity index (χ4n) is 2.47. The van der Waals surface area contributed by atoms with Crippen LogP contribution in [0, 0.1) is 11.6 Å². The second kappa shape index (κ2) is 7.41. The molecule has 0 amide bonds. The maximum Gasteiger partial charge on any atom is 0.340 e. The molecule has 0 N–H and O–H groups in total. The summed E-state index contributed by atoms with van der Waals surface area (Å²) < 4.78 is 26.5. The molecule has 7 heteroatoms. The Morgan fingerprint density at radius 2 is 1.31 bits per heavy atom. The predicted octanol–water partition coefficient (Wildman–Crippen LogP) is 0.493. The summed E-state index contributed by atoms with van der Waals surface area (Å²) in [6, 6.07) is 21.4. The minimum atomic E-state index is -0.333. The highest BCUT2D eigenvalue weighted by Gasteiger charge is 2.23. The van der Waals surface area contributed by atoms with Crippen molar-refractivity contribution in [2.75, 3.05) is 0 Å². The van der Waals surface area contributed by atoms with E-state index in [2.05, 4.69) is 10.2 Å². The van der Waals surface area contributed by atoms with E-state index in [-0.39, 0.29) is 24.0 Å². The van der Waals surface area contributed by atoms with Crippen LogP contribution in [0.3, 0.4) is 0 Å². The quantitative estimate of drug-likeness (QED) is 0.492. The molecule has 0 aliphatic heterocycles. The summed E-state index contributed by atoms with van der Waals surface area (Å²) >= 11 is 0. The Hall–Kier alpha value is -3.12. The SMILES string of the molecule is Fc1ccc(-n2nc(-c3ccccc3)n[n+]2-c2ccc(F)cc2)cc1.[Cl-]. The van der Waals surface area contributed by atoms with E-state index in [1.807, 2.05) is 30.3 Å². The third-order valence-corrected chi connectivity index (χ3v) is 3.71. The van der Waals surface area contributed by atoms with Gasteiger partial charge in [0.15, 0.2) is 5.69 Å². The van der Waals surface area contributed by atoms with Crippen LogP contribution >= 0.6 is 0 Å². The second-order valence-electron chi connectivity index (χ2n) is 5.42. The molecular formula is C19H13ClF2N4. The molecule has 1 heterocycles. The molecule has 4 aromatic rings. The lowest BCUT2D eigenvalue weighted by molar-refractivity contribution is -0.734. The summed E-state index contributed by atoms with van der Waals surface area (Å²) in [5.41, 5.74) is 2.13. The van der Waals surface area contributed by atoms with Gasteiger partial charge in [0.2, 0.25) is 0 Å². The van der Waals surface area contributed by atoms with Gasteiger partial charge in [0.05, 0.1) is 10.7 Å². The van der Waals surface area contributed by atoms with Crippen LogP contribution in [0.2, 0.25) is 0 Å². The van der Waals surface area contributed by atoms with E-state index >= 15 is 0 Å². The molecule has 130 valence electrons. The molecule has 0 aliphatic carbocycles. The smallest absolute Gasteiger partial charge is 0.340 e. The Bertz CT molecular complexity index is 937. The van der Waals surface area contributed by atoms with Gasteiger partial charge in [0.1, 0.15) is 17.3 Å². The summed E-state index contributed by atoms with van der Waals surface area (Å²) in [6.45, 7) is 0. The Morgan fingerprint density at radius 3 is 1.92 bits per heavy atom.